The van der Waals surface area contributed by atoms with Gasteiger partial charge in [0.05, 0.1) is 0 Å². The lowest BCUT2D eigenvalue weighted by Crippen LogP contribution is -2.27. The zero-order valence-electron chi connectivity index (χ0n) is 9.88. The third kappa shape index (κ3) is 2.74. The molecular weight excluding hydrogens is 300 g/mol. The maximum atomic E-state index is 12.3. The molecule has 2 rings (SSSR count). The highest BCUT2D eigenvalue weighted by Crippen LogP contribution is 2.40. The Labute approximate surface area is 116 Å². The molecule has 0 N–H and O–H groups in total. The van der Waals surface area contributed by atoms with Crippen LogP contribution < -0.4 is 0 Å². The van der Waals surface area contributed by atoms with Gasteiger partial charge in [-0.2, -0.15) is 0 Å². The van der Waals surface area contributed by atoms with Gasteiger partial charge >= 0.3 is 0 Å². The molecule has 0 bridgehead atoms. The molecule has 3 heteroatoms. The topological polar surface area (TPSA) is 17.1 Å². The zero-order valence-corrected chi connectivity index (χ0v) is 12.2. The highest BCUT2D eigenvalue weighted by Gasteiger charge is 2.42. The number of ketones is 1. The van der Waals surface area contributed by atoms with Crippen LogP contribution in [0.3, 0.4) is 0 Å². The van der Waals surface area contributed by atoms with Gasteiger partial charge in [0, 0.05) is 21.7 Å². The molecular formula is C14H16BrClO. The molecule has 0 spiro atoms. The number of carbonyl (C=O) groups excluding carboxylic acids is 1. The van der Waals surface area contributed by atoms with Crippen molar-refractivity contribution >= 4 is 33.3 Å². The lowest BCUT2D eigenvalue weighted by molar-refractivity contribution is -0.127. The number of halogens is 2. The van der Waals surface area contributed by atoms with E-state index in [4.69, 9.17) is 11.6 Å². The second-order valence-corrected chi connectivity index (χ2v) is 6.12. The molecule has 0 aliphatic heterocycles. The smallest absolute Gasteiger partial charge is 0.142 e. The highest BCUT2D eigenvalue weighted by atomic mass is 79.9. The number of hydrogen-bond donors (Lipinski definition) is 0. The molecule has 0 saturated heterocycles. The minimum Gasteiger partial charge on any atom is -0.299 e. The Morgan fingerprint density at radius 2 is 2.06 bits per heavy atom. The Morgan fingerprint density at radius 3 is 2.59 bits per heavy atom. The van der Waals surface area contributed by atoms with Gasteiger partial charge in [-0.3, -0.25) is 4.79 Å². The minimum atomic E-state index is -0.156. The van der Waals surface area contributed by atoms with Gasteiger partial charge in [0.1, 0.15) is 5.78 Å². The zero-order chi connectivity index (χ0) is 12.5. The predicted octanol–water partition coefficient (Wildman–Crippen LogP) is 4.26. The van der Waals surface area contributed by atoms with Crippen molar-refractivity contribution in [3.05, 3.63) is 34.9 Å². The normalized spacial score (nSPS) is 28.6. The summed E-state index contributed by atoms with van der Waals surface area (Å²) in [6.07, 6.45) is 2.84. The molecule has 17 heavy (non-hydrogen) atoms. The van der Waals surface area contributed by atoms with Crippen LogP contribution in [0.2, 0.25) is 5.02 Å². The van der Waals surface area contributed by atoms with Crippen LogP contribution in [0.1, 0.15) is 25.3 Å². The monoisotopic (exact) mass is 314 g/mol. The van der Waals surface area contributed by atoms with Crippen molar-refractivity contribution in [1.29, 1.82) is 0 Å². The van der Waals surface area contributed by atoms with Gasteiger partial charge in [-0.15, -0.1) is 0 Å². The standard InChI is InChI=1S/C14H16BrClO/c1-14(9-15)7-6-11(13(14)17)8-10-2-4-12(16)5-3-10/h2-5,11H,6-9H2,1H3. The summed E-state index contributed by atoms with van der Waals surface area (Å²) >= 11 is 9.31. The number of Topliss-reactive ketones (excluding diaryl/α,β-unsaturated/α-hetero) is 1. The molecule has 0 radical (unpaired) electrons. The van der Waals surface area contributed by atoms with E-state index in [0.717, 1.165) is 29.6 Å². The van der Waals surface area contributed by atoms with Crippen LogP contribution in [0, 0.1) is 11.3 Å². The second kappa shape index (κ2) is 5.11. The molecule has 2 atom stereocenters. The first kappa shape index (κ1) is 13.1. The van der Waals surface area contributed by atoms with Crippen molar-refractivity contribution in [2.75, 3.05) is 5.33 Å². The molecule has 1 aromatic carbocycles. The molecule has 1 aliphatic rings. The van der Waals surface area contributed by atoms with E-state index in [1.54, 1.807) is 0 Å². The highest BCUT2D eigenvalue weighted by molar-refractivity contribution is 9.09. The molecule has 1 aromatic rings. The van der Waals surface area contributed by atoms with E-state index >= 15 is 0 Å². The van der Waals surface area contributed by atoms with E-state index < -0.39 is 0 Å². The van der Waals surface area contributed by atoms with Gasteiger partial charge in [0.2, 0.25) is 0 Å². The van der Waals surface area contributed by atoms with Crippen molar-refractivity contribution in [3.63, 3.8) is 0 Å². The first-order valence-corrected chi connectivity index (χ1v) is 7.40. The van der Waals surface area contributed by atoms with Crippen LogP contribution in [-0.2, 0) is 11.2 Å². The van der Waals surface area contributed by atoms with Crippen LogP contribution in [0.4, 0.5) is 0 Å². The first-order chi connectivity index (χ1) is 8.05. The lowest BCUT2D eigenvalue weighted by atomic mass is 9.87. The minimum absolute atomic E-state index is 0.156. The van der Waals surface area contributed by atoms with Crippen LogP contribution in [-0.4, -0.2) is 11.1 Å². The van der Waals surface area contributed by atoms with E-state index in [1.807, 2.05) is 24.3 Å². The number of rotatable bonds is 3. The molecule has 0 amide bonds. The van der Waals surface area contributed by atoms with Crippen molar-refractivity contribution in [3.8, 4) is 0 Å². The average molecular weight is 316 g/mol. The maximum absolute atomic E-state index is 12.3. The molecule has 92 valence electrons. The van der Waals surface area contributed by atoms with Crippen LogP contribution in [0.25, 0.3) is 0 Å². The molecule has 1 fully saturated rings. The van der Waals surface area contributed by atoms with Crippen molar-refractivity contribution in [2.24, 2.45) is 11.3 Å². The number of carbonyl (C=O) groups is 1. The Morgan fingerprint density at radius 1 is 1.41 bits per heavy atom. The summed E-state index contributed by atoms with van der Waals surface area (Å²) in [7, 11) is 0. The molecule has 0 heterocycles. The third-order valence-corrected chi connectivity index (χ3v) is 5.19. The fourth-order valence-corrected chi connectivity index (χ4v) is 3.16. The number of benzene rings is 1. The van der Waals surface area contributed by atoms with Gasteiger partial charge in [-0.1, -0.05) is 46.6 Å². The van der Waals surface area contributed by atoms with Crippen LogP contribution in [0.15, 0.2) is 24.3 Å². The van der Waals surface area contributed by atoms with E-state index in [-0.39, 0.29) is 11.3 Å². The Bertz CT molecular complexity index is 415. The first-order valence-electron chi connectivity index (χ1n) is 5.90. The van der Waals surface area contributed by atoms with Crippen LogP contribution in [0.5, 0.6) is 0 Å². The summed E-state index contributed by atoms with van der Waals surface area (Å²) < 4.78 is 0. The summed E-state index contributed by atoms with van der Waals surface area (Å²) in [6, 6.07) is 7.80. The number of hydrogen-bond acceptors (Lipinski definition) is 1. The van der Waals surface area contributed by atoms with Crippen LogP contribution >= 0.6 is 27.5 Å². The van der Waals surface area contributed by atoms with Crippen molar-refractivity contribution < 1.29 is 4.79 Å². The van der Waals surface area contributed by atoms with Crippen molar-refractivity contribution in [1.82, 2.24) is 0 Å². The Kier molecular flexibility index (Phi) is 3.94. The van der Waals surface area contributed by atoms with Crippen molar-refractivity contribution in [2.45, 2.75) is 26.2 Å². The Balaban J connectivity index is 2.06. The fourth-order valence-electron chi connectivity index (χ4n) is 2.47. The molecule has 1 aliphatic carbocycles. The largest absolute Gasteiger partial charge is 0.299 e. The third-order valence-electron chi connectivity index (χ3n) is 3.70. The summed E-state index contributed by atoms with van der Waals surface area (Å²) in [4.78, 5) is 12.3. The summed E-state index contributed by atoms with van der Waals surface area (Å²) in [5.74, 6) is 0.586. The average Bonchev–Trinajstić information content (AvgIpc) is 2.61. The maximum Gasteiger partial charge on any atom is 0.142 e. The summed E-state index contributed by atoms with van der Waals surface area (Å²) in [5.41, 5.74) is 1.04. The Hall–Kier alpha value is -0.340. The summed E-state index contributed by atoms with van der Waals surface area (Å²) in [5, 5.41) is 1.52. The molecule has 1 nitrogen and oxygen atoms in total. The van der Waals surface area contributed by atoms with Gasteiger partial charge in [-0.25, -0.2) is 0 Å². The fraction of sp³-hybridized carbons (Fsp3) is 0.500. The van der Waals surface area contributed by atoms with Gasteiger partial charge in [0.15, 0.2) is 0 Å². The van der Waals surface area contributed by atoms with Gasteiger partial charge < -0.3 is 0 Å². The van der Waals surface area contributed by atoms with E-state index in [9.17, 15) is 4.79 Å². The SMILES string of the molecule is CC1(CBr)CCC(Cc2ccc(Cl)cc2)C1=O. The van der Waals surface area contributed by atoms with Gasteiger partial charge in [-0.05, 0) is 37.0 Å². The van der Waals surface area contributed by atoms with Gasteiger partial charge in [0.25, 0.3) is 0 Å². The van der Waals surface area contributed by atoms with E-state index in [2.05, 4.69) is 22.9 Å². The predicted molar refractivity (Wildman–Crippen MR) is 74.8 cm³/mol. The summed E-state index contributed by atoms with van der Waals surface area (Å²) in [6.45, 7) is 2.06. The number of alkyl halides is 1. The second-order valence-electron chi connectivity index (χ2n) is 5.12. The molecule has 2 unspecified atom stereocenters. The lowest BCUT2D eigenvalue weighted by Gasteiger charge is -2.19. The van der Waals surface area contributed by atoms with E-state index in [1.165, 1.54) is 5.56 Å². The molecule has 0 aromatic heterocycles. The molecule has 1 saturated carbocycles. The quantitative estimate of drug-likeness (QED) is 0.762. The van der Waals surface area contributed by atoms with E-state index in [0.29, 0.717) is 5.78 Å².